The molecular formula is C15H17N3O2S4. The van der Waals surface area contributed by atoms with E-state index in [1.165, 1.54) is 6.26 Å². The first-order valence-electron chi connectivity index (χ1n) is 7.28. The number of hydrogen-bond donors (Lipinski definition) is 1. The van der Waals surface area contributed by atoms with Crippen LogP contribution in [0.4, 0.5) is 0 Å². The van der Waals surface area contributed by atoms with Crippen LogP contribution in [0.5, 0.6) is 0 Å². The lowest BCUT2D eigenvalue weighted by Gasteiger charge is -1.99. The third kappa shape index (κ3) is 4.93. The summed E-state index contributed by atoms with van der Waals surface area (Å²) in [6, 6.07) is 4.08. The zero-order valence-electron chi connectivity index (χ0n) is 13.3. The van der Waals surface area contributed by atoms with Crippen molar-refractivity contribution in [3.63, 3.8) is 0 Å². The van der Waals surface area contributed by atoms with Crippen LogP contribution in [0, 0.1) is 6.92 Å². The summed E-state index contributed by atoms with van der Waals surface area (Å²) in [5, 5.41) is 6.28. The van der Waals surface area contributed by atoms with E-state index < -0.39 is 10.0 Å². The number of aromatic nitrogens is 2. The Morgan fingerprint density at radius 2 is 2.00 bits per heavy atom. The third-order valence-electron chi connectivity index (χ3n) is 3.20. The summed E-state index contributed by atoms with van der Waals surface area (Å²) in [7, 11) is -3.13. The van der Waals surface area contributed by atoms with Crippen molar-refractivity contribution in [3.05, 3.63) is 43.5 Å². The summed E-state index contributed by atoms with van der Waals surface area (Å²) in [5.41, 5.74) is 2.05. The lowest BCUT2D eigenvalue weighted by molar-refractivity contribution is 0.588. The fraction of sp³-hybridized carbons (Fsp3) is 0.333. The van der Waals surface area contributed by atoms with E-state index in [1.54, 1.807) is 34.0 Å². The van der Waals surface area contributed by atoms with Crippen molar-refractivity contribution in [2.75, 3.05) is 12.8 Å². The Labute approximate surface area is 153 Å². The smallest absolute Gasteiger partial charge is 0.208 e. The molecule has 5 nitrogen and oxygen atoms in total. The first-order chi connectivity index (χ1) is 11.4. The lowest BCUT2D eigenvalue weighted by Crippen LogP contribution is -2.23. The lowest BCUT2D eigenvalue weighted by atomic mass is 10.3. The Kier molecular flexibility index (Phi) is 5.46. The van der Waals surface area contributed by atoms with Crippen LogP contribution < -0.4 is 4.72 Å². The molecule has 3 heterocycles. The molecule has 3 rings (SSSR count). The van der Waals surface area contributed by atoms with Crippen molar-refractivity contribution >= 4 is 44.0 Å². The van der Waals surface area contributed by atoms with E-state index in [9.17, 15) is 8.42 Å². The Balaban J connectivity index is 1.63. The molecule has 3 aromatic rings. The Hall–Kier alpha value is -1.13. The molecule has 1 N–H and O–H groups in total. The van der Waals surface area contributed by atoms with Crippen LogP contribution >= 0.6 is 34.0 Å². The molecule has 0 saturated heterocycles. The maximum absolute atomic E-state index is 11.1. The Morgan fingerprint density at radius 3 is 2.71 bits per heavy atom. The van der Waals surface area contributed by atoms with Gasteiger partial charge in [0.05, 0.1) is 32.5 Å². The monoisotopic (exact) mass is 399 g/mol. The van der Waals surface area contributed by atoms with E-state index in [2.05, 4.69) is 20.5 Å². The molecule has 0 fully saturated rings. The molecule has 0 unspecified atom stereocenters. The largest absolute Gasteiger partial charge is 0.246 e. The molecule has 3 aromatic heterocycles. The normalized spacial score (nSPS) is 11.9. The van der Waals surface area contributed by atoms with Crippen molar-refractivity contribution in [2.45, 2.75) is 19.8 Å². The number of hydrogen-bond acceptors (Lipinski definition) is 7. The standard InChI is InChI=1S/C15H17N3O2S4/c1-10-17-11(8-21-10)7-15-18-13(9-22-15)14-4-3-12(23-14)5-6-16-24(2,19)20/h3-4,8-9,16H,5-7H2,1-2H3. The number of sulfonamides is 1. The Bertz CT molecular complexity index is 924. The van der Waals surface area contributed by atoms with Gasteiger partial charge in [-0.2, -0.15) is 0 Å². The molecule has 0 aliphatic heterocycles. The zero-order chi connectivity index (χ0) is 17.2. The first kappa shape index (κ1) is 17.7. The van der Waals surface area contributed by atoms with E-state index in [0.717, 1.165) is 37.6 Å². The van der Waals surface area contributed by atoms with Crippen molar-refractivity contribution in [1.82, 2.24) is 14.7 Å². The predicted molar refractivity (Wildman–Crippen MR) is 102 cm³/mol. The highest BCUT2D eigenvalue weighted by Crippen LogP contribution is 2.30. The summed E-state index contributed by atoms with van der Waals surface area (Å²) >= 11 is 4.96. The van der Waals surface area contributed by atoms with Crippen LogP contribution in [-0.2, 0) is 22.9 Å². The van der Waals surface area contributed by atoms with Gasteiger partial charge in [0, 0.05) is 28.6 Å². The van der Waals surface area contributed by atoms with E-state index in [0.29, 0.717) is 13.0 Å². The van der Waals surface area contributed by atoms with E-state index in [1.807, 2.05) is 19.1 Å². The fourth-order valence-corrected chi connectivity index (χ4v) is 5.10. The molecular weight excluding hydrogens is 382 g/mol. The molecule has 0 aliphatic rings. The summed E-state index contributed by atoms with van der Waals surface area (Å²) in [5.74, 6) is 0. The number of rotatable bonds is 7. The molecule has 9 heteroatoms. The van der Waals surface area contributed by atoms with Crippen molar-refractivity contribution in [2.24, 2.45) is 0 Å². The van der Waals surface area contributed by atoms with Crippen LogP contribution in [0.15, 0.2) is 22.9 Å². The summed E-state index contributed by atoms with van der Waals surface area (Å²) in [4.78, 5) is 11.4. The third-order valence-corrected chi connectivity index (χ3v) is 6.77. The average Bonchev–Trinajstić information content (AvgIpc) is 3.19. The molecule has 0 bridgehead atoms. The van der Waals surface area contributed by atoms with Crippen LogP contribution in [-0.4, -0.2) is 31.2 Å². The molecule has 0 radical (unpaired) electrons. The summed E-state index contributed by atoms with van der Waals surface area (Å²) < 4.78 is 24.7. The van der Waals surface area contributed by atoms with Gasteiger partial charge < -0.3 is 0 Å². The molecule has 0 amide bonds. The van der Waals surface area contributed by atoms with Gasteiger partial charge in [-0.25, -0.2) is 23.1 Å². The summed E-state index contributed by atoms with van der Waals surface area (Å²) in [6.45, 7) is 2.43. The molecule has 0 atom stereocenters. The van der Waals surface area contributed by atoms with Gasteiger partial charge in [-0.3, -0.25) is 0 Å². The van der Waals surface area contributed by atoms with Gasteiger partial charge in [0.25, 0.3) is 0 Å². The molecule has 24 heavy (non-hydrogen) atoms. The topological polar surface area (TPSA) is 72.0 Å². The van der Waals surface area contributed by atoms with Crippen molar-refractivity contribution in [1.29, 1.82) is 0 Å². The van der Waals surface area contributed by atoms with Crippen molar-refractivity contribution in [3.8, 4) is 10.6 Å². The van der Waals surface area contributed by atoms with Gasteiger partial charge in [0.2, 0.25) is 10.0 Å². The molecule has 0 saturated carbocycles. The number of nitrogens with one attached hydrogen (secondary N) is 1. The number of aryl methyl sites for hydroxylation is 1. The van der Waals surface area contributed by atoms with Crippen LogP contribution in [0.2, 0.25) is 0 Å². The quantitative estimate of drug-likeness (QED) is 0.661. The second kappa shape index (κ2) is 7.40. The van der Waals surface area contributed by atoms with Gasteiger partial charge in [-0.05, 0) is 25.5 Å². The van der Waals surface area contributed by atoms with Gasteiger partial charge >= 0.3 is 0 Å². The Morgan fingerprint density at radius 1 is 1.17 bits per heavy atom. The van der Waals surface area contributed by atoms with E-state index in [4.69, 9.17) is 4.98 Å². The van der Waals surface area contributed by atoms with Crippen LogP contribution in [0.1, 0.15) is 20.6 Å². The van der Waals surface area contributed by atoms with E-state index in [-0.39, 0.29) is 0 Å². The van der Waals surface area contributed by atoms with E-state index >= 15 is 0 Å². The number of thiazole rings is 2. The molecule has 0 spiro atoms. The van der Waals surface area contributed by atoms with Crippen molar-refractivity contribution < 1.29 is 8.42 Å². The number of nitrogens with zero attached hydrogens (tertiary/aromatic N) is 2. The van der Waals surface area contributed by atoms with Gasteiger partial charge in [0.1, 0.15) is 0 Å². The maximum Gasteiger partial charge on any atom is 0.208 e. The minimum Gasteiger partial charge on any atom is -0.246 e. The van der Waals surface area contributed by atoms with Gasteiger partial charge in [-0.15, -0.1) is 34.0 Å². The van der Waals surface area contributed by atoms with Crippen LogP contribution in [0.25, 0.3) is 10.6 Å². The van der Waals surface area contributed by atoms with Gasteiger partial charge in [-0.1, -0.05) is 0 Å². The number of thiophene rings is 1. The molecule has 0 aliphatic carbocycles. The minimum atomic E-state index is -3.13. The first-order valence-corrected chi connectivity index (χ1v) is 11.7. The second-order valence-corrected chi connectivity index (χ2v) is 10.3. The van der Waals surface area contributed by atoms with Gasteiger partial charge in [0.15, 0.2) is 0 Å². The highest BCUT2D eigenvalue weighted by Gasteiger charge is 2.10. The maximum atomic E-state index is 11.1. The highest BCUT2D eigenvalue weighted by molar-refractivity contribution is 7.88. The predicted octanol–water partition coefficient (Wildman–Crippen LogP) is 3.32. The second-order valence-electron chi connectivity index (χ2n) is 5.34. The highest BCUT2D eigenvalue weighted by atomic mass is 32.2. The zero-order valence-corrected chi connectivity index (χ0v) is 16.5. The molecule has 0 aromatic carbocycles. The summed E-state index contributed by atoms with van der Waals surface area (Å²) in [6.07, 6.45) is 2.63. The SMILES string of the molecule is Cc1nc(Cc2nc(-c3ccc(CCNS(C)(=O)=O)s3)cs2)cs1. The molecule has 128 valence electrons. The minimum absolute atomic E-state index is 0.421. The fourth-order valence-electron chi connectivity index (χ4n) is 2.16. The average molecular weight is 400 g/mol. The van der Waals surface area contributed by atoms with Crippen LogP contribution in [0.3, 0.4) is 0 Å².